The Morgan fingerprint density at radius 1 is 1.22 bits per heavy atom. The van der Waals surface area contributed by atoms with Gasteiger partial charge in [0.05, 0.1) is 18.4 Å². The highest BCUT2D eigenvalue weighted by Crippen LogP contribution is 2.14. The highest BCUT2D eigenvalue weighted by atomic mass is 28.4. The molecular formula is C15H28N2O5Si. The summed E-state index contributed by atoms with van der Waals surface area (Å²) in [5.74, 6) is 0. The minimum absolute atomic E-state index is 0.288. The molecule has 0 amide bonds. The number of aromatic nitrogens is 1. The van der Waals surface area contributed by atoms with Crippen molar-refractivity contribution in [1.29, 1.82) is 0 Å². The molecule has 2 N–H and O–H groups in total. The number of ether oxygens (including phenoxy) is 1. The molecule has 0 aliphatic carbocycles. The van der Waals surface area contributed by atoms with Crippen molar-refractivity contribution < 1.29 is 23.1 Å². The van der Waals surface area contributed by atoms with Crippen molar-refractivity contribution in [3.8, 4) is 0 Å². The predicted molar refractivity (Wildman–Crippen MR) is 89.0 cm³/mol. The lowest BCUT2D eigenvalue weighted by Gasteiger charge is -2.24. The topological polar surface area (TPSA) is 82.1 Å². The fourth-order valence-electron chi connectivity index (χ4n) is 2.09. The zero-order valence-corrected chi connectivity index (χ0v) is 15.2. The van der Waals surface area contributed by atoms with Gasteiger partial charge in [0.1, 0.15) is 0 Å². The monoisotopic (exact) mass is 344 g/mol. The van der Waals surface area contributed by atoms with E-state index in [4.69, 9.17) is 18.0 Å². The van der Waals surface area contributed by atoms with Crippen LogP contribution in [0.15, 0.2) is 24.4 Å². The summed E-state index contributed by atoms with van der Waals surface area (Å²) in [5.41, 5.74) is 0.945. The van der Waals surface area contributed by atoms with Crippen LogP contribution in [-0.2, 0) is 24.6 Å². The molecule has 0 saturated carbocycles. The molecule has 0 aliphatic rings. The number of rotatable bonds is 13. The molecule has 0 saturated heterocycles. The molecule has 1 aromatic heterocycles. The van der Waals surface area contributed by atoms with Crippen LogP contribution in [0.3, 0.4) is 0 Å². The first-order valence-electron chi connectivity index (χ1n) is 7.67. The standard InChI is InChI=1S/C15H28N2O5Si/c1-19-23(20-2,21-3)10-6-9-22-13-15(18)12-16-11-14-7-4-5-8-17-14/h4-5,7-8,15-16,18H,6,9-13H2,1-3H3. The molecule has 0 radical (unpaired) electrons. The zero-order chi connectivity index (χ0) is 17.0. The van der Waals surface area contributed by atoms with Gasteiger partial charge in [-0.3, -0.25) is 4.98 Å². The first kappa shape index (κ1) is 20.2. The molecule has 1 heterocycles. The van der Waals surface area contributed by atoms with Crippen LogP contribution in [0.5, 0.6) is 0 Å². The first-order valence-corrected chi connectivity index (χ1v) is 9.61. The van der Waals surface area contributed by atoms with E-state index in [-0.39, 0.29) is 6.61 Å². The maximum absolute atomic E-state index is 9.85. The average molecular weight is 344 g/mol. The Morgan fingerprint density at radius 2 is 1.96 bits per heavy atom. The van der Waals surface area contributed by atoms with Crippen LogP contribution in [0.4, 0.5) is 0 Å². The molecule has 0 aliphatic heterocycles. The zero-order valence-electron chi connectivity index (χ0n) is 14.2. The van der Waals surface area contributed by atoms with Gasteiger partial charge in [-0.25, -0.2) is 0 Å². The highest BCUT2D eigenvalue weighted by molar-refractivity contribution is 6.60. The number of nitrogens with one attached hydrogen (secondary N) is 1. The average Bonchev–Trinajstić information content (AvgIpc) is 2.59. The summed E-state index contributed by atoms with van der Waals surface area (Å²) >= 11 is 0. The maximum Gasteiger partial charge on any atom is 0.500 e. The van der Waals surface area contributed by atoms with Crippen molar-refractivity contribution in [2.75, 3.05) is 41.1 Å². The molecule has 1 atom stereocenters. The summed E-state index contributed by atoms with van der Waals surface area (Å²) in [7, 11) is 2.27. The van der Waals surface area contributed by atoms with Gasteiger partial charge >= 0.3 is 8.80 Å². The van der Waals surface area contributed by atoms with Crippen molar-refractivity contribution >= 4 is 8.80 Å². The number of aliphatic hydroxyl groups excluding tert-OH is 1. The van der Waals surface area contributed by atoms with Crippen molar-refractivity contribution in [3.05, 3.63) is 30.1 Å². The van der Waals surface area contributed by atoms with Crippen LogP contribution >= 0.6 is 0 Å². The summed E-state index contributed by atoms with van der Waals surface area (Å²) in [6.07, 6.45) is 1.96. The van der Waals surface area contributed by atoms with Crippen LogP contribution in [-0.4, -0.2) is 66.1 Å². The van der Waals surface area contributed by atoms with Gasteiger partial charge in [0.2, 0.25) is 0 Å². The van der Waals surface area contributed by atoms with Gasteiger partial charge in [-0.1, -0.05) is 6.07 Å². The molecule has 0 bridgehead atoms. The fraction of sp³-hybridized carbons (Fsp3) is 0.667. The summed E-state index contributed by atoms with van der Waals surface area (Å²) in [6, 6.07) is 6.44. The largest absolute Gasteiger partial charge is 0.500 e. The summed E-state index contributed by atoms with van der Waals surface area (Å²) in [4.78, 5) is 4.20. The van der Waals surface area contributed by atoms with E-state index in [1.165, 1.54) is 0 Å². The SMILES string of the molecule is CO[Si](CCCOCC(O)CNCc1ccccn1)(OC)OC. The van der Waals surface area contributed by atoms with E-state index in [1.807, 2.05) is 18.2 Å². The lowest BCUT2D eigenvalue weighted by atomic mass is 10.3. The van der Waals surface area contributed by atoms with E-state index < -0.39 is 14.9 Å². The number of pyridine rings is 1. The smallest absolute Gasteiger partial charge is 0.389 e. The van der Waals surface area contributed by atoms with Gasteiger partial charge in [0.15, 0.2) is 0 Å². The van der Waals surface area contributed by atoms with Crippen LogP contribution in [0.25, 0.3) is 0 Å². The summed E-state index contributed by atoms with van der Waals surface area (Å²) in [6.45, 7) is 1.91. The second kappa shape index (κ2) is 11.6. The second-order valence-corrected chi connectivity index (χ2v) is 8.17. The van der Waals surface area contributed by atoms with Crippen LogP contribution < -0.4 is 5.32 Å². The molecule has 1 aromatic rings. The third kappa shape index (κ3) is 7.98. The minimum Gasteiger partial charge on any atom is -0.389 e. The molecule has 0 spiro atoms. The van der Waals surface area contributed by atoms with E-state index >= 15 is 0 Å². The summed E-state index contributed by atoms with van der Waals surface area (Å²) < 4.78 is 21.5. The lowest BCUT2D eigenvalue weighted by molar-refractivity contribution is 0.0350. The minimum atomic E-state index is -2.51. The van der Waals surface area contributed by atoms with Gasteiger partial charge in [0.25, 0.3) is 0 Å². The van der Waals surface area contributed by atoms with E-state index in [0.29, 0.717) is 25.7 Å². The molecule has 132 valence electrons. The van der Waals surface area contributed by atoms with Crippen molar-refractivity contribution in [1.82, 2.24) is 10.3 Å². The number of nitrogens with zero attached hydrogens (tertiary/aromatic N) is 1. The van der Waals surface area contributed by atoms with Crippen LogP contribution in [0, 0.1) is 0 Å². The molecular weight excluding hydrogens is 316 g/mol. The Balaban J connectivity index is 2.06. The number of hydrogen-bond donors (Lipinski definition) is 2. The van der Waals surface area contributed by atoms with E-state index in [2.05, 4.69) is 10.3 Å². The van der Waals surface area contributed by atoms with Gasteiger partial charge in [-0.05, 0) is 18.6 Å². The fourth-order valence-corrected chi connectivity index (χ4v) is 3.78. The van der Waals surface area contributed by atoms with Gasteiger partial charge in [-0.2, -0.15) is 0 Å². The van der Waals surface area contributed by atoms with E-state index in [9.17, 15) is 5.11 Å². The number of aliphatic hydroxyl groups is 1. The quantitative estimate of drug-likeness (QED) is 0.405. The van der Waals surface area contributed by atoms with E-state index in [1.54, 1.807) is 27.5 Å². The van der Waals surface area contributed by atoms with E-state index in [0.717, 1.165) is 12.1 Å². The van der Waals surface area contributed by atoms with Gasteiger partial charge < -0.3 is 28.4 Å². The predicted octanol–water partition coefficient (Wildman–Crippen LogP) is 0.817. The normalized spacial score (nSPS) is 13.2. The summed E-state index contributed by atoms with van der Waals surface area (Å²) in [5, 5.41) is 13.0. The van der Waals surface area contributed by atoms with Gasteiger partial charge in [0, 0.05) is 53.3 Å². The molecule has 1 rings (SSSR count). The molecule has 1 unspecified atom stereocenters. The Kier molecular flexibility index (Phi) is 10.2. The highest BCUT2D eigenvalue weighted by Gasteiger charge is 2.36. The van der Waals surface area contributed by atoms with Crippen molar-refractivity contribution in [2.24, 2.45) is 0 Å². The maximum atomic E-state index is 9.85. The molecule has 0 fully saturated rings. The Morgan fingerprint density at radius 3 is 2.57 bits per heavy atom. The Bertz CT molecular complexity index is 398. The van der Waals surface area contributed by atoms with Crippen LogP contribution in [0.1, 0.15) is 12.1 Å². The molecule has 0 aromatic carbocycles. The van der Waals surface area contributed by atoms with Crippen molar-refractivity contribution in [3.63, 3.8) is 0 Å². The molecule has 8 heteroatoms. The third-order valence-corrected chi connectivity index (χ3v) is 6.26. The third-order valence-electron chi connectivity index (χ3n) is 3.43. The van der Waals surface area contributed by atoms with Crippen LogP contribution in [0.2, 0.25) is 6.04 Å². The Labute approximate surface area is 139 Å². The number of hydrogen-bond acceptors (Lipinski definition) is 7. The van der Waals surface area contributed by atoms with Gasteiger partial charge in [-0.15, -0.1) is 0 Å². The molecule has 23 heavy (non-hydrogen) atoms. The second-order valence-electron chi connectivity index (χ2n) is 5.08. The Hall–Kier alpha value is -0.873. The molecule has 7 nitrogen and oxygen atoms in total. The first-order chi connectivity index (χ1) is 11.2. The lowest BCUT2D eigenvalue weighted by Crippen LogP contribution is -2.42. The van der Waals surface area contributed by atoms with Crippen molar-refractivity contribution in [2.45, 2.75) is 25.1 Å².